The topological polar surface area (TPSA) is 35.2 Å². The summed E-state index contributed by atoms with van der Waals surface area (Å²) in [5.41, 5.74) is 6.27. The summed E-state index contributed by atoms with van der Waals surface area (Å²) >= 11 is 1.60. The Morgan fingerprint density at radius 2 is 1.89 bits per heavy atom. The molecule has 0 saturated carbocycles. The number of rotatable bonds is 5. The van der Waals surface area contributed by atoms with E-state index in [9.17, 15) is 13.2 Å². The molecule has 102 valence electrons. The Bertz CT molecular complexity index is 382. The molecule has 0 bridgehead atoms. The zero-order chi connectivity index (χ0) is 13.8. The number of hydrogen-bond donors (Lipinski definition) is 1. The third-order valence-corrected chi connectivity index (χ3v) is 3.37. The summed E-state index contributed by atoms with van der Waals surface area (Å²) in [6.07, 6.45) is -4.69. The number of nitrogens with two attached hydrogens (primary N) is 1. The zero-order valence-corrected chi connectivity index (χ0v) is 11.0. The Balaban J connectivity index is 2.81. The average molecular weight is 279 g/mol. The van der Waals surface area contributed by atoms with Gasteiger partial charge in [-0.15, -0.1) is 13.2 Å². The molecule has 1 unspecified atom stereocenters. The molecule has 0 aliphatic rings. The van der Waals surface area contributed by atoms with Crippen LogP contribution in [0.2, 0.25) is 0 Å². The van der Waals surface area contributed by atoms with E-state index < -0.39 is 12.4 Å². The molecule has 1 aromatic rings. The van der Waals surface area contributed by atoms with Gasteiger partial charge in [-0.1, -0.05) is 32.0 Å². The minimum atomic E-state index is -4.69. The van der Waals surface area contributed by atoms with Gasteiger partial charge in [0.2, 0.25) is 0 Å². The molecule has 6 heteroatoms. The molecule has 0 heterocycles. The number of halogens is 3. The van der Waals surface area contributed by atoms with Gasteiger partial charge in [0.1, 0.15) is 5.75 Å². The van der Waals surface area contributed by atoms with Crippen molar-refractivity contribution < 1.29 is 17.9 Å². The fourth-order valence-corrected chi connectivity index (χ4v) is 2.16. The SMILES string of the molecule is CC(C)SCC(N)c1ccccc1OC(F)(F)F. The van der Waals surface area contributed by atoms with Gasteiger partial charge in [-0.2, -0.15) is 11.8 Å². The van der Waals surface area contributed by atoms with Crippen molar-refractivity contribution in [2.24, 2.45) is 5.73 Å². The number of hydrogen-bond acceptors (Lipinski definition) is 3. The first-order chi connectivity index (χ1) is 8.29. The first-order valence-corrected chi connectivity index (χ1v) is 6.56. The highest BCUT2D eigenvalue weighted by molar-refractivity contribution is 7.99. The largest absolute Gasteiger partial charge is 0.573 e. The van der Waals surface area contributed by atoms with Crippen LogP contribution in [-0.2, 0) is 0 Å². The van der Waals surface area contributed by atoms with Crippen LogP contribution in [0.5, 0.6) is 5.75 Å². The van der Waals surface area contributed by atoms with Crippen molar-refractivity contribution in [1.29, 1.82) is 0 Å². The molecule has 0 saturated heterocycles. The molecule has 0 amide bonds. The smallest absolute Gasteiger partial charge is 0.405 e. The summed E-state index contributed by atoms with van der Waals surface area (Å²) in [4.78, 5) is 0. The van der Waals surface area contributed by atoms with Crippen LogP contribution >= 0.6 is 11.8 Å². The maximum Gasteiger partial charge on any atom is 0.573 e. The highest BCUT2D eigenvalue weighted by atomic mass is 32.2. The molecule has 1 atom stereocenters. The second-order valence-electron chi connectivity index (χ2n) is 4.07. The summed E-state index contributed by atoms with van der Waals surface area (Å²) in [5.74, 6) is 0.331. The van der Waals surface area contributed by atoms with Crippen molar-refractivity contribution in [3.05, 3.63) is 29.8 Å². The summed E-state index contributed by atoms with van der Waals surface area (Å²) in [6.45, 7) is 4.02. The van der Waals surface area contributed by atoms with Gasteiger partial charge in [0.05, 0.1) is 0 Å². The van der Waals surface area contributed by atoms with Gasteiger partial charge >= 0.3 is 6.36 Å². The second kappa shape index (κ2) is 6.33. The molecule has 1 aromatic carbocycles. The fourth-order valence-electron chi connectivity index (χ4n) is 1.39. The van der Waals surface area contributed by atoms with E-state index in [1.54, 1.807) is 23.9 Å². The predicted molar refractivity (Wildman–Crippen MR) is 67.6 cm³/mol. The number of alkyl halides is 3. The minimum Gasteiger partial charge on any atom is -0.405 e. The Morgan fingerprint density at radius 3 is 2.44 bits per heavy atom. The average Bonchev–Trinajstić information content (AvgIpc) is 2.24. The van der Waals surface area contributed by atoms with Gasteiger partial charge in [0.25, 0.3) is 0 Å². The molecule has 0 aliphatic carbocycles. The minimum absolute atomic E-state index is 0.221. The standard InChI is InChI=1S/C12H16F3NOS/c1-8(2)18-7-10(16)9-5-3-4-6-11(9)17-12(13,14)15/h3-6,8,10H,7,16H2,1-2H3. The number of benzene rings is 1. The third-order valence-electron chi connectivity index (χ3n) is 2.15. The quantitative estimate of drug-likeness (QED) is 0.892. The third kappa shape index (κ3) is 5.18. The molecule has 2 nitrogen and oxygen atoms in total. The molecular formula is C12H16F3NOS. The molecule has 0 radical (unpaired) electrons. The van der Waals surface area contributed by atoms with Crippen LogP contribution in [0.3, 0.4) is 0 Å². The van der Waals surface area contributed by atoms with Gasteiger partial charge in [-0.3, -0.25) is 0 Å². The summed E-state index contributed by atoms with van der Waals surface area (Å²) in [7, 11) is 0. The molecule has 0 fully saturated rings. The first kappa shape index (κ1) is 15.2. The van der Waals surface area contributed by atoms with E-state index >= 15 is 0 Å². The van der Waals surface area contributed by atoms with Crippen molar-refractivity contribution in [2.75, 3.05) is 5.75 Å². The number of thioether (sulfide) groups is 1. The number of para-hydroxylation sites is 1. The van der Waals surface area contributed by atoms with Crippen LogP contribution in [0.1, 0.15) is 25.5 Å². The number of ether oxygens (including phenoxy) is 1. The van der Waals surface area contributed by atoms with Crippen LogP contribution < -0.4 is 10.5 Å². The van der Waals surface area contributed by atoms with Crippen LogP contribution in [0.25, 0.3) is 0 Å². The maximum atomic E-state index is 12.2. The van der Waals surface area contributed by atoms with Crippen molar-refractivity contribution in [2.45, 2.75) is 31.5 Å². The van der Waals surface area contributed by atoms with E-state index in [4.69, 9.17) is 5.73 Å². The van der Waals surface area contributed by atoms with Gasteiger partial charge < -0.3 is 10.5 Å². The lowest BCUT2D eigenvalue weighted by molar-refractivity contribution is -0.274. The van der Waals surface area contributed by atoms with E-state index in [-0.39, 0.29) is 5.75 Å². The van der Waals surface area contributed by atoms with E-state index in [1.807, 2.05) is 13.8 Å². The van der Waals surface area contributed by atoms with E-state index in [2.05, 4.69) is 4.74 Å². The monoisotopic (exact) mass is 279 g/mol. The van der Waals surface area contributed by atoms with Gasteiger partial charge in [0, 0.05) is 17.4 Å². The van der Waals surface area contributed by atoms with Crippen molar-refractivity contribution >= 4 is 11.8 Å². The lowest BCUT2D eigenvalue weighted by atomic mass is 10.1. The highest BCUT2D eigenvalue weighted by Gasteiger charge is 2.32. The lowest BCUT2D eigenvalue weighted by Gasteiger charge is -2.18. The lowest BCUT2D eigenvalue weighted by Crippen LogP contribution is -2.21. The first-order valence-electron chi connectivity index (χ1n) is 5.51. The van der Waals surface area contributed by atoms with Crippen molar-refractivity contribution in [3.8, 4) is 5.75 Å². The summed E-state index contributed by atoms with van der Waals surface area (Å²) in [6, 6.07) is 5.51. The highest BCUT2D eigenvalue weighted by Crippen LogP contribution is 2.31. The normalized spacial score (nSPS) is 13.7. The molecule has 0 aromatic heterocycles. The molecule has 0 spiro atoms. The van der Waals surface area contributed by atoms with Crippen molar-refractivity contribution in [3.63, 3.8) is 0 Å². The Labute approximate surface area is 109 Å². The van der Waals surface area contributed by atoms with Gasteiger partial charge in [-0.05, 0) is 11.3 Å². The second-order valence-corrected chi connectivity index (χ2v) is 5.68. The molecule has 18 heavy (non-hydrogen) atoms. The van der Waals surface area contributed by atoms with Crippen molar-refractivity contribution in [1.82, 2.24) is 0 Å². The Kier molecular flexibility index (Phi) is 5.34. The van der Waals surface area contributed by atoms with Gasteiger partial charge in [-0.25, -0.2) is 0 Å². The van der Waals surface area contributed by atoms with E-state index in [1.165, 1.54) is 12.1 Å². The zero-order valence-electron chi connectivity index (χ0n) is 10.2. The van der Waals surface area contributed by atoms with E-state index in [0.29, 0.717) is 16.6 Å². The predicted octanol–water partition coefficient (Wildman–Crippen LogP) is 3.73. The van der Waals surface area contributed by atoms with Crippen LogP contribution in [0.4, 0.5) is 13.2 Å². The Hall–Kier alpha value is -0.880. The molecule has 1 rings (SSSR count). The summed E-state index contributed by atoms with van der Waals surface area (Å²) < 4.78 is 40.7. The van der Waals surface area contributed by atoms with Crippen LogP contribution in [-0.4, -0.2) is 17.4 Å². The molecule has 2 N–H and O–H groups in total. The molecular weight excluding hydrogens is 263 g/mol. The maximum absolute atomic E-state index is 12.2. The van der Waals surface area contributed by atoms with Gasteiger partial charge in [0.15, 0.2) is 0 Å². The van der Waals surface area contributed by atoms with Crippen LogP contribution in [0, 0.1) is 0 Å². The Morgan fingerprint density at radius 1 is 1.28 bits per heavy atom. The van der Waals surface area contributed by atoms with E-state index in [0.717, 1.165) is 0 Å². The molecule has 0 aliphatic heterocycles. The van der Waals surface area contributed by atoms with Crippen LogP contribution in [0.15, 0.2) is 24.3 Å². The fraction of sp³-hybridized carbons (Fsp3) is 0.500. The summed E-state index contributed by atoms with van der Waals surface area (Å²) in [5, 5.41) is 0.381.